The van der Waals surface area contributed by atoms with Crippen molar-refractivity contribution in [2.24, 2.45) is 0 Å². The molecule has 0 atom stereocenters. The second-order valence-corrected chi connectivity index (χ2v) is 5.55. The molecule has 0 saturated heterocycles. The van der Waals surface area contributed by atoms with E-state index in [1.807, 2.05) is 17.6 Å². The third kappa shape index (κ3) is 3.84. The Hall–Kier alpha value is -1.82. The highest BCUT2D eigenvalue weighted by molar-refractivity contribution is 7.99. The van der Waals surface area contributed by atoms with Crippen molar-refractivity contribution in [2.75, 3.05) is 5.75 Å². The van der Waals surface area contributed by atoms with E-state index >= 15 is 0 Å². The fourth-order valence-corrected chi connectivity index (χ4v) is 2.69. The molecule has 5 nitrogen and oxygen atoms in total. The second kappa shape index (κ2) is 6.56. The van der Waals surface area contributed by atoms with Gasteiger partial charge in [-0.05, 0) is 25.8 Å². The minimum Gasteiger partial charge on any atom is -0.481 e. The molecule has 0 saturated carbocycles. The highest BCUT2D eigenvalue weighted by Gasteiger charge is 2.11. The first kappa shape index (κ1) is 14.6. The third-order valence-electron chi connectivity index (χ3n) is 2.93. The van der Waals surface area contributed by atoms with Crippen molar-refractivity contribution in [3.05, 3.63) is 41.2 Å². The molecule has 2 aromatic rings. The van der Waals surface area contributed by atoms with Crippen LogP contribution in [0.5, 0.6) is 0 Å². The summed E-state index contributed by atoms with van der Waals surface area (Å²) in [5.41, 5.74) is 2.50. The van der Waals surface area contributed by atoms with E-state index in [0.29, 0.717) is 5.16 Å². The quantitative estimate of drug-likeness (QED) is 0.827. The Kier molecular flexibility index (Phi) is 4.79. The molecular formula is C14H17N3O2S. The molecule has 0 aliphatic rings. The maximum atomic E-state index is 10.6. The zero-order chi connectivity index (χ0) is 14.5. The van der Waals surface area contributed by atoms with E-state index in [9.17, 15) is 4.79 Å². The number of aliphatic carboxylic acids is 1. The predicted molar refractivity (Wildman–Crippen MR) is 78.0 cm³/mol. The smallest absolute Gasteiger partial charge is 0.313 e. The highest BCUT2D eigenvalue weighted by Crippen LogP contribution is 2.17. The second-order valence-electron chi connectivity index (χ2n) is 4.60. The minimum atomic E-state index is -0.846. The molecule has 0 unspecified atom stereocenters. The highest BCUT2D eigenvalue weighted by atomic mass is 32.2. The lowest BCUT2D eigenvalue weighted by molar-refractivity contribution is -0.133. The van der Waals surface area contributed by atoms with E-state index < -0.39 is 5.97 Å². The first-order chi connectivity index (χ1) is 9.56. The Morgan fingerprint density at radius 2 is 2.15 bits per heavy atom. The molecule has 1 aromatic carbocycles. The lowest BCUT2D eigenvalue weighted by atomic mass is 10.1. The molecule has 1 aromatic heterocycles. The number of hydrogen-bond acceptors (Lipinski definition) is 4. The number of nitrogens with zero attached hydrogens (tertiary/aromatic N) is 3. The van der Waals surface area contributed by atoms with Crippen molar-refractivity contribution >= 4 is 17.7 Å². The van der Waals surface area contributed by atoms with E-state index in [1.54, 1.807) is 0 Å². The topological polar surface area (TPSA) is 68.0 Å². The van der Waals surface area contributed by atoms with Gasteiger partial charge in [0.2, 0.25) is 0 Å². The minimum absolute atomic E-state index is 0.00256. The zero-order valence-electron chi connectivity index (χ0n) is 11.5. The van der Waals surface area contributed by atoms with Gasteiger partial charge in [-0.2, -0.15) is 0 Å². The van der Waals surface area contributed by atoms with Gasteiger partial charge in [0.25, 0.3) is 0 Å². The summed E-state index contributed by atoms with van der Waals surface area (Å²) in [7, 11) is 0. The van der Waals surface area contributed by atoms with Crippen molar-refractivity contribution in [3.63, 3.8) is 0 Å². The Morgan fingerprint density at radius 1 is 1.35 bits per heavy atom. The zero-order valence-corrected chi connectivity index (χ0v) is 12.4. The Morgan fingerprint density at radius 3 is 2.85 bits per heavy atom. The van der Waals surface area contributed by atoms with Crippen LogP contribution >= 0.6 is 11.8 Å². The lowest BCUT2D eigenvalue weighted by Gasteiger charge is -2.08. The number of rotatable bonds is 6. The molecular weight excluding hydrogens is 274 g/mol. The summed E-state index contributed by atoms with van der Waals surface area (Å²) in [5.74, 6) is -0.0332. The van der Waals surface area contributed by atoms with Gasteiger partial charge in [0.05, 0.1) is 5.75 Å². The number of aryl methyl sites for hydroxylation is 3. The number of hydrogen-bond donors (Lipinski definition) is 1. The van der Waals surface area contributed by atoms with Crippen molar-refractivity contribution in [1.82, 2.24) is 14.8 Å². The van der Waals surface area contributed by atoms with Crippen LogP contribution in [0.15, 0.2) is 29.4 Å². The number of benzene rings is 1. The molecule has 0 bridgehead atoms. The fourth-order valence-electron chi connectivity index (χ4n) is 1.96. The number of carbonyl (C=O) groups is 1. The molecule has 0 radical (unpaired) electrons. The molecule has 0 aliphatic heterocycles. The summed E-state index contributed by atoms with van der Waals surface area (Å²) in [6, 6.07) is 8.37. The van der Waals surface area contributed by atoms with Crippen LogP contribution in [0.3, 0.4) is 0 Å². The largest absolute Gasteiger partial charge is 0.481 e. The summed E-state index contributed by atoms with van der Waals surface area (Å²) < 4.78 is 1.97. The van der Waals surface area contributed by atoms with Gasteiger partial charge in [-0.25, -0.2) is 0 Å². The first-order valence-electron chi connectivity index (χ1n) is 6.36. The predicted octanol–water partition coefficient (Wildman–Crippen LogP) is 2.31. The maximum Gasteiger partial charge on any atom is 0.313 e. The number of thioether (sulfide) groups is 1. The van der Waals surface area contributed by atoms with Gasteiger partial charge in [0.1, 0.15) is 5.82 Å². The summed E-state index contributed by atoms with van der Waals surface area (Å²) in [6.07, 6.45) is 0.876. The Labute approximate surface area is 122 Å². The molecule has 0 spiro atoms. The van der Waals surface area contributed by atoms with Gasteiger partial charge in [-0.1, -0.05) is 41.6 Å². The number of carboxylic acid groups (broad SMARTS) is 1. The Balaban J connectivity index is 2.05. The van der Waals surface area contributed by atoms with Crippen LogP contribution in [0, 0.1) is 13.8 Å². The van der Waals surface area contributed by atoms with E-state index in [0.717, 1.165) is 18.8 Å². The SMILES string of the molecule is Cc1cccc(CCn2c(C)nnc2SCC(=O)O)c1. The molecule has 0 fully saturated rings. The third-order valence-corrected chi connectivity index (χ3v) is 3.88. The van der Waals surface area contributed by atoms with Crippen LogP contribution in [0.4, 0.5) is 0 Å². The normalized spacial score (nSPS) is 10.7. The fraction of sp³-hybridized carbons (Fsp3) is 0.357. The average Bonchev–Trinajstić information content (AvgIpc) is 2.75. The maximum absolute atomic E-state index is 10.6. The van der Waals surface area contributed by atoms with Gasteiger partial charge < -0.3 is 9.67 Å². The van der Waals surface area contributed by atoms with Crippen molar-refractivity contribution in [1.29, 1.82) is 0 Å². The van der Waals surface area contributed by atoms with Crippen LogP contribution in [0.1, 0.15) is 17.0 Å². The van der Waals surface area contributed by atoms with Crippen LogP contribution < -0.4 is 0 Å². The molecule has 6 heteroatoms. The number of carboxylic acids is 1. The van der Waals surface area contributed by atoms with Gasteiger partial charge in [0.15, 0.2) is 5.16 Å². The lowest BCUT2D eigenvalue weighted by Crippen LogP contribution is -2.07. The van der Waals surface area contributed by atoms with E-state index in [-0.39, 0.29) is 5.75 Å². The summed E-state index contributed by atoms with van der Waals surface area (Å²) in [6.45, 7) is 4.71. The van der Waals surface area contributed by atoms with Gasteiger partial charge in [0, 0.05) is 6.54 Å². The molecule has 20 heavy (non-hydrogen) atoms. The monoisotopic (exact) mass is 291 g/mol. The molecule has 1 N–H and O–H groups in total. The molecule has 0 amide bonds. The first-order valence-corrected chi connectivity index (χ1v) is 7.35. The van der Waals surface area contributed by atoms with Crippen molar-refractivity contribution in [2.45, 2.75) is 32.0 Å². The Bertz CT molecular complexity index is 610. The van der Waals surface area contributed by atoms with Crippen LogP contribution in [0.2, 0.25) is 0 Å². The molecule has 2 rings (SSSR count). The molecule has 106 valence electrons. The summed E-state index contributed by atoms with van der Waals surface area (Å²) in [4.78, 5) is 10.6. The van der Waals surface area contributed by atoms with E-state index in [1.165, 1.54) is 22.9 Å². The van der Waals surface area contributed by atoms with E-state index in [4.69, 9.17) is 5.11 Å². The number of aromatic nitrogens is 3. The molecule has 0 aliphatic carbocycles. The average molecular weight is 291 g/mol. The summed E-state index contributed by atoms with van der Waals surface area (Å²) >= 11 is 1.20. The van der Waals surface area contributed by atoms with Gasteiger partial charge >= 0.3 is 5.97 Å². The van der Waals surface area contributed by atoms with Crippen LogP contribution in [0.25, 0.3) is 0 Å². The van der Waals surface area contributed by atoms with Crippen molar-refractivity contribution in [3.8, 4) is 0 Å². The van der Waals surface area contributed by atoms with Gasteiger partial charge in [-0.3, -0.25) is 4.79 Å². The van der Waals surface area contributed by atoms with E-state index in [2.05, 4.69) is 35.3 Å². The van der Waals surface area contributed by atoms with Crippen LogP contribution in [-0.4, -0.2) is 31.6 Å². The molecule has 1 heterocycles. The standard InChI is InChI=1S/C14H17N3O2S/c1-10-4-3-5-12(8-10)6-7-17-11(2)15-16-14(17)20-9-13(18)19/h3-5,8H,6-7,9H2,1-2H3,(H,18,19). The van der Waals surface area contributed by atoms with Gasteiger partial charge in [-0.15, -0.1) is 10.2 Å². The van der Waals surface area contributed by atoms with Crippen LogP contribution in [-0.2, 0) is 17.8 Å². The summed E-state index contributed by atoms with van der Waals surface area (Å²) in [5, 5.41) is 17.5. The van der Waals surface area contributed by atoms with Crippen molar-refractivity contribution < 1.29 is 9.90 Å².